The lowest BCUT2D eigenvalue weighted by Crippen LogP contribution is -2.47. The van der Waals surface area contributed by atoms with Crippen LogP contribution in [-0.4, -0.2) is 59.3 Å². The van der Waals surface area contributed by atoms with Crippen molar-refractivity contribution >= 4 is 23.8 Å². The SMILES string of the molecule is CCCCC/C=C\C/C=C\C/C=C\CCCCCCCCC(=O)OC(/C=C\CCCCCC)CCCCCCC(=O)NCC(=O)NC(CO)C(=O)O. The highest BCUT2D eigenvalue weighted by atomic mass is 16.5. The van der Waals surface area contributed by atoms with Crippen LogP contribution in [0.15, 0.2) is 48.6 Å². The van der Waals surface area contributed by atoms with E-state index in [1.165, 1.54) is 64.2 Å². The second-order valence-corrected chi connectivity index (χ2v) is 13.7. The zero-order chi connectivity index (χ0) is 38.3. The number of aliphatic hydroxyl groups excluding tert-OH is 1. The van der Waals surface area contributed by atoms with E-state index in [1.54, 1.807) is 0 Å². The van der Waals surface area contributed by atoms with E-state index in [1.807, 2.05) is 6.08 Å². The molecule has 0 spiro atoms. The average molecular weight is 731 g/mol. The van der Waals surface area contributed by atoms with Crippen LogP contribution in [-0.2, 0) is 23.9 Å². The monoisotopic (exact) mass is 731 g/mol. The molecular weight excluding hydrogens is 656 g/mol. The molecule has 298 valence electrons. The van der Waals surface area contributed by atoms with Gasteiger partial charge in [-0.3, -0.25) is 14.4 Å². The number of carboxylic acid groups (broad SMARTS) is 1. The number of ether oxygens (including phenoxy) is 1. The van der Waals surface area contributed by atoms with Gasteiger partial charge in [0.2, 0.25) is 11.8 Å². The molecule has 9 nitrogen and oxygen atoms in total. The number of esters is 1. The molecule has 0 heterocycles. The Morgan fingerprint density at radius 3 is 1.71 bits per heavy atom. The molecule has 0 aliphatic rings. The second-order valence-electron chi connectivity index (χ2n) is 13.7. The van der Waals surface area contributed by atoms with Crippen molar-refractivity contribution in [2.75, 3.05) is 13.2 Å². The molecule has 0 saturated carbocycles. The van der Waals surface area contributed by atoms with Crippen LogP contribution in [0.4, 0.5) is 0 Å². The topological polar surface area (TPSA) is 142 Å². The van der Waals surface area contributed by atoms with E-state index >= 15 is 0 Å². The predicted molar refractivity (Wildman–Crippen MR) is 213 cm³/mol. The van der Waals surface area contributed by atoms with Gasteiger partial charge in [-0.05, 0) is 83.1 Å². The van der Waals surface area contributed by atoms with E-state index in [0.717, 1.165) is 77.0 Å². The van der Waals surface area contributed by atoms with Crippen LogP contribution >= 0.6 is 0 Å². The third-order valence-corrected chi connectivity index (χ3v) is 8.78. The van der Waals surface area contributed by atoms with Crippen molar-refractivity contribution in [3.05, 3.63) is 48.6 Å². The van der Waals surface area contributed by atoms with E-state index in [2.05, 4.69) is 67.0 Å². The quantitative estimate of drug-likeness (QED) is 0.0286. The average Bonchev–Trinajstić information content (AvgIpc) is 3.13. The van der Waals surface area contributed by atoms with Gasteiger partial charge in [-0.2, -0.15) is 0 Å². The fourth-order valence-electron chi connectivity index (χ4n) is 5.57. The van der Waals surface area contributed by atoms with Crippen LogP contribution in [0, 0.1) is 0 Å². The maximum Gasteiger partial charge on any atom is 0.328 e. The van der Waals surface area contributed by atoms with Crippen LogP contribution < -0.4 is 10.6 Å². The fourth-order valence-corrected chi connectivity index (χ4v) is 5.57. The van der Waals surface area contributed by atoms with Crippen LogP contribution in [0.25, 0.3) is 0 Å². The van der Waals surface area contributed by atoms with Crippen molar-refractivity contribution in [2.45, 2.75) is 187 Å². The summed E-state index contributed by atoms with van der Waals surface area (Å²) in [5, 5.41) is 22.5. The third-order valence-electron chi connectivity index (χ3n) is 8.78. The lowest BCUT2D eigenvalue weighted by Gasteiger charge is -2.15. The normalized spacial score (nSPS) is 13.0. The lowest BCUT2D eigenvalue weighted by atomic mass is 10.1. The summed E-state index contributed by atoms with van der Waals surface area (Å²) < 4.78 is 5.87. The number of amides is 2. The highest BCUT2D eigenvalue weighted by Gasteiger charge is 2.18. The number of carbonyl (C=O) groups is 4. The van der Waals surface area contributed by atoms with Gasteiger partial charge in [0, 0.05) is 12.8 Å². The Morgan fingerprint density at radius 1 is 0.596 bits per heavy atom. The van der Waals surface area contributed by atoms with Gasteiger partial charge < -0.3 is 25.6 Å². The van der Waals surface area contributed by atoms with Gasteiger partial charge in [0.15, 0.2) is 0 Å². The molecule has 0 aliphatic carbocycles. The first-order valence-electron chi connectivity index (χ1n) is 20.5. The molecule has 0 saturated heterocycles. The summed E-state index contributed by atoms with van der Waals surface area (Å²) in [5.41, 5.74) is 0. The van der Waals surface area contributed by atoms with Gasteiger partial charge in [0.05, 0.1) is 13.2 Å². The Labute approximate surface area is 316 Å². The number of hydrogen-bond acceptors (Lipinski definition) is 6. The van der Waals surface area contributed by atoms with E-state index in [-0.39, 0.29) is 30.9 Å². The predicted octanol–water partition coefficient (Wildman–Crippen LogP) is 9.59. The molecule has 0 aromatic rings. The van der Waals surface area contributed by atoms with Crippen LogP contribution in [0.2, 0.25) is 0 Å². The summed E-state index contributed by atoms with van der Waals surface area (Å²) in [6, 6.07) is -1.39. The number of nitrogens with one attached hydrogen (secondary N) is 2. The Kier molecular flexibility index (Phi) is 35.2. The lowest BCUT2D eigenvalue weighted by molar-refractivity contribution is -0.147. The standard InChI is InChI=1S/C43H74N2O7/c1-3-5-7-9-11-12-13-14-15-16-17-18-19-20-21-22-23-25-31-35-42(49)52-38(32-28-24-10-8-6-4-2)33-29-26-27-30-34-40(47)44-36-41(48)45-39(37-46)43(50)51/h11-12,14-15,17-18,28,32,38-39,46H,3-10,13,16,19-27,29-31,33-37H2,1-2H3,(H,44,47)(H,45,48)(H,50,51)/b12-11-,15-14-,18-17-,32-28-. The summed E-state index contributed by atoms with van der Waals surface area (Å²) in [6.45, 7) is 3.38. The van der Waals surface area contributed by atoms with Crippen molar-refractivity contribution in [1.82, 2.24) is 10.6 Å². The molecule has 9 heteroatoms. The summed E-state index contributed by atoms with van der Waals surface area (Å²) in [5.74, 6) is -2.42. The molecule has 52 heavy (non-hydrogen) atoms. The molecule has 2 atom stereocenters. The number of hydrogen-bond donors (Lipinski definition) is 4. The van der Waals surface area contributed by atoms with Crippen LogP contribution in [0.1, 0.15) is 174 Å². The number of aliphatic hydroxyl groups is 1. The molecule has 0 rings (SSSR count). The van der Waals surface area contributed by atoms with Crippen LogP contribution in [0.5, 0.6) is 0 Å². The van der Waals surface area contributed by atoms with Crippen molar-refractivity contribution in [3.8, 4) is 0 Å². The first-order valence-corrected chi connectivity index (χ1v) is 20.5. The minimum absolute atomic E-state index is 0.128. The Balaban J connectivity index is 4.17. The minimum Gasteiger partial charge on any atom is -0.480 e. The minimum atomic E-state index is -1.39. The zero-order valence-corrected chi connectivity index (χ0v) is 32.8. The molecule has 0 bridgehead atoms. The van der Waals surface area contributed by atoms with Gasteiger partial charge in [0.1, 0.15) is 12.1 Å². The molecule has 0 aliphatic heterocycles. The van der Waals surface area contributed by atoms with Gasteiger partial charge >= 0.3 is 11.9 Å². The molecule has 4 N–H and O–H groups in total. The summed E-state index contributed by atoms with van der Waals surface area (Å²) in [6.07, 6.45) is 43.0. The first kappa shape index (κ1) is 48.8. The Hall–Kier alpha value is -3.20. The molecule has 0 fully saturated rings. The number of aliphatic carboxylic acids is 1. The zero-order valence-electron chi connectivity index (χ0n) is 32.8. The van der Waals surface area contributed by atoms with Crippen molar-refractivity contribution in [3.63, 3.8) is 0 Å². The number of allylic oxidation sites excluding steroid dienone is 7. The van der Waals surface area contributed by atoms with E-state index in [0.29, 0.717) is 12.8 Å². The summed E-state index contributed by atoms with van der Waals surface area (Å²) >= 11 is 0. The Bertz CT molecular complexity index is 1020. The second kappa shape index (κ2) is 37.6. The van der Waals surface area contributed by atoms with Crippen LogP contribution in [0.3, 0.4) is 0 Å². The molecule has 0 aromatic carbocycles. The van der Waals surface area contributed by atoms with Gasteiger partial charge in [-0.25, -0.2) is 4.79 Å². The maximum atomic E-state index is 12.7. The van der Waals surface area contributed by atoms with Crippen molar-refractivity contribution < 1.29 is 34.1 Å². The van der Waals surface area contributed by atoms with Gasteiger partial charge in [0.25, 0.3) is 0 Å². The van der Waals surface area contributed by atoms with E-state index in [9.17, 15) is 19.2 Å². The number of rotatable bonds is 36. The van der Waals surface area contributed by atoms with Crippen molar-refractivity contribution in [1.29, 1.82) is 0 Å². The van der Waals surface area contributed by atoms with Gasteiger partial charge in [-0.1, -0.05) is 127 Å². The van der Waals surface area contributed by atoms with Gasteiger partial charge in [-0.15, -0.1) is 0 Å². The maximum absolute atomic E-state index is 12.7. The highest BCUT2D eigenvalue weighted by molar-refractivity contribution is 5.87. The van der Waals surface area contributed by atoms with E-state index < -0.39 is 24.5 Å². The van der Waals surface area contributed by atoms with E-state index in [4.69, 9.17) is 14.9 Å². The first-order chi connectivity index (χ1) is 25.3. The number of unbranched alkanes of at least 4 members (excludes halogenated alkanes) is 16. The summed E-state index contributed by atoms with van der Waals surface area (Å²) in [7, 11) is 0. The molecule has 0 radical (unpaired) electrons. The fraction of sp³-hybridized carbons (Fsp3) is 0.721. The summed E-state index contributed by atoms with van der Waals surface area (Å²) in [4.78, 5) is 47.4. The highest BCUT2D eigenvalue weighted by Crippen LogP contribution is 2.15. The number of carboxylic acids is 1. The molecule has 2 unspecified atom stereocenters. The Morgan fingerprint density at radius 2 is 1.10 bits per heavy atom. The smallest absolute Gasteiger partial charge is 0.328 e. The largest absolute Gasteiger partial charge is 0.480 e. The molecule has 0 aromatic heterocycles. The van der Waals surface area contributed by atoms with Crippen molar-refractivity contribution in [2.24, 2.45) is 0 Å². The molecule has 2 amide bonds. The third kappa shape index (κ3) is 33.9. The molecular formula is C43H74N2O7. The number of carbonyl (C=O) groups excluding carboxylic acids is 3.